The monoisotopic (exact) mass is 565 g/mol. The number of amides is 1. The van der Waals surface area contributed by atoms with Gasteiger partial charge >= 0.3 is 6.18 Å². The molecule has 2 aromatic carbocycles. The van der Waals surface area contributed by atoms with Gasteiger partial charge in [0, 0.05) is 42.2 Å². The summed E-state index contributed by atoms with van der Waals surface area (Å²) >= 11 is 0. The first-order chi connectivity index (χ1) is 19.4. The largest absolute Gasteiger partial charge is 0.416 e. The maximum absolute atomic E-state index is 14.2. The molecule has 1 aliphatic heterocycles. The predicted octanol–water partition coefficient (Wildman–Crippen LogP) is 5.77. The van der Waals surface area contributed by atoms with Gasteiger partial charge in [0.05, 0.1) is 12.1 Å². The number of nitrogens with one attached hydrogen (secondary N) is 1. The minimum atomic E-state index is -4.58. The van der Waals surface area contributed by atoms with Crippen molar-refractivity contribution in [3.8, 4) is 0 Å². The molecule has 2 fully saturated rings. The topological polar surface area (TPSA) is 80.1 Å². The third-order valence-electron chi connectivity index (χ3n) is 9.37. The van der Waals surface area contributed by atoms with Gasteiger partial charge in [-0.2, -0.15) is 13.2 Å². The van der Waals surface area contributed by atoms with Crippen LogP contribution in [0.4, 0.5) is 18.9 Å². The standard InChI is InChI=1S/C31H34F3N5O2/c1-18(40)21-12-22(13-21)27(28-37-36-17-38(28)3)20-6-4-7-23(14-20)39-16-25-24(29(39)41)10-19(11-26(25)31(32,33)34)15-35-30(2)8-5-9-30/h4,6-7,10-11,14,17,21-22,27,35H,5,8-9,12-13,15-16H2,1-3H3. The van der Waals surface area contributed by atoms with Crippen LogP contribution in [-0.4, -0.2) is 32.0 Å². The van der Waals surface area contributed by atoms with Crippen molar-refractivity contribution in [2.24, 2.45) is 18.9 Å². The van der Waals surface area contributed by atoms with Gasteiger partial charge in [-0.1, -0.05) is 12.1 Å². The Morgan fingerprint density at radius 2 is 1.95 bits per heavy atom. The summed E-state index contributed by atoms with van der Waals surface area (Å²) in [5, 5.41) is 11.8. The highest BCUT2D eigenvalue weighted by atomic mass is 19.4. The summed E-state index contributed by atoms with van der Waals surface area (Å²) in [6, 6.07) is 10.2. The quantitative estimate of drug-likeness (QED) is 0.375. The lowest BCUT2D eigenvalue weighted by atomic mass is 9.65. The molecule has 1 unspecified atom stereocenters. The number of rotatable bonds is 8. The lowest BCUT2D eigenvalue weighted by Gasteiger charge is -2.39. The van der Waals surface area contributed by atoms with Crippen LogP contribution < -0.4 is 10.2 Å². The zero-order valence-corrected chi connectivity index (χ0v) is 23.5. The SMILES string of the molecule is CC(=O)C1CC(C(c2cccc(N3Cc4c(cc(CNC5(C)CCC5)cc4C(F)(F)F)C3=O)c2)c2nncn2C)C1. The van der Waals surface area contributed by atoms with Crippen molar-refractivity contribution < 1.29 is 22.8 Å². The number of alkyl halides is 3. The number of nitrogens with zero attached hydrogens (tertiary/aromatic N) is 4. The molecule has 1 aromatic heterocycles. The average molecular weight is 566 g/mol. The van der Waals surface area contributed by atoms with Crippen molar-refractivity contribution in [1.82, 2.24) is 20.1 Å². The second kappa shape index (κ2) is 10.1. The Balaban J connectivity index is 1.32. The Morgan fingerprint density at radius 3 is 2.56 bits per heavy atom. The molecule has 3 aliphatic rings. The number of hydrogen-bond donors (Lipinski definition) is 1. The number of carbonyl (C=O) groups excluding carboxylic acids is 2. The van der Waals surface area contributed by atoms with Crippen molar-refractivity contribution in [3.05, 3.63) is 76.4 Å². The summed E-state index contributed by atoms with van der Waals surface area (Å²) in [6.45, 7) is 3.81. The van der Waals surface area contributed by atoms with Crippen LogP contribution in [-0.2, 0) is 31.1 Å². The number of aromatic nitrogens is 3. The number of anilines is 1. The van der Waals surface area contributed by atoms with Crippen LogP contribution in [0.25, 0.3) is 0 Å². The molecule has 216 valence electrons. The molecule has 1 atom stereocenters. The summed E-state index contributed by atoms with van der Waals surface area (Å²) in [6.07, 6.45) is 1.59. The fraction of sp³-hybridized carbons (Fsp3) is 0.484. The fourth-order valence-corrected chi connectivity index (χ4v) is 6.59. The van der Waals surface area contributed by atoms with Crippen LogP contribution >= 0.6 is 0 Å². The molecule has 2 aliphatic carbocycles. The van der Waals surface area contributed by atoms with E-state index in [0.29, 0.717) is 11.3 Å². The van der Waals surface area contributed by atoms with Gasteiger partial charge in [-0.15, -0.1) is 10.2 Å². The second-order valence-electron chi connectivity index (χ2n) is 12.2. The Bertz CT molecular complexity index is 1500. The summed E-state index contributed by atoms with van der Waals surface area (Å²) in [7, 11) is 1.87. The van der Waals surface area contributed by atoms with Gasteiger partial charge in [-0.05, 0) is 92.8 Å². The minimum absolute atomic E-state index is 0.0136. The van der Waals surface area contributed by atoms with Crippen molar-refractivity contribution in [2.75, 3.05) is 4.90 Å². The van der Waals surface area contributed by atoms with Gasteiger partial charge in [0.1, 0.15) is 17.9 Å². The molecule has 7 nitrogen and oxygen atoms in total. The molecule has 6 rings (SSSR count). The number of aryl methyl sites for hydroxylation is 1. The number of fused-ring (bicyclic) bond motifs is 1. The molecule has 2 saturated carbocycles. The van der Waals surface area contributed by atoms with E-state index < -0.39 is 17.6 Å². The van der Waals surface area contributed by atoms with E-state index >= 15 is 0 Å². The Hall–Kier alpha value is -3.53. The first kappa shape index (κ1) is 27.6. The van der Waals surface area contributed by atoms with E-state index in [1.165, 1.54) is 11.0 Å². The van der Waals surface area contributed by atoms with Crippen molar-refractivity contribution in [2.45, 2.75) is 76.7 Å². The predicted molar refractivity (Wildman–Crippen MR) is 147 cm³/mol. The number of benzene rings is 2. The number of halogens is 3. The molecule has 0 saturated heterocycles. The van der Waals surface area contributed by atoms with Crippen LogP contribution in [0.5, 0.6) is 0 Å². The van der Waals surface area contributed by atoms with Crippen LogP contribution in [0.1, 0.15) is 90.3 Å². The third-order valence-corrected chi connectivity index (χ3v) is 9.37. The van der Waals surface area contributed by atoms with E-state index in [-0.39, 0.29) is 53.3 Å². The molecule has 10 heteroatoms. The van der Waals surface area contributed by atoms with E-state index in [2.05, 4.69) is 22.4 Å². The van der Waals surface area contributed by atoms with E-state index in [4.69, 9.17) is 0 Å². The maximum atomic E-state index is 14.2. The van der Waals surface area contributed by atoms with Crippen LogP contribution in [0, 0.1) is 11.8 Å². The van der Waals surface area contributed by atoms with E-state index in [1.54, 1.807) is 25.4 Å². The van der Waals surface area contributed by atoms with E-state index in [0.717, 1.165) is 43.5 Å². The van der Waals surface area contributed by atoms with Gasteiger partial charge < -0.3 is 14.8 Å². The van der Waals surface area contributed by atoms with Crippen molar-refractivity contribution in [3.63, 3.8) is 0 Å². The van der Waals surface area contributed by atoms with Crippen molar-refractivity contribution in [1.29, 1.82) is 0 Å². The third kappa shape index (κ3) is 5.07. The second-order valence-corrected chi connectivity index (χ2v) is 12.2. The number of ketones is 1. The first-order valence-corrected chi connectivity index (χ1v) is 14.2. The lowest BCUT2D eigenvalue weighted by molar-refractivity contribution is -0.138. The molecule has 41 heavy (non-hydrogen) atoms. The molecular formula is C31H34F3N5O2. The normalized spacial score (nSPS) is 22.2. The smallest absolute Gasteiger partial charge is 0.320 e. The molecule has 0 bridgehead atoms. The maximum Gasteiger partial charge on any atom is 0.416 e. The van der Waals surface area contributed by atoms with Gasteiger partial charge in [-0.3, -0.25) is 9.59 Å². The average Bonchev–Trinajstić information content (AvgIpc) is 3.45. The van der Waals surface area contributed by atoms with Crippen LogP contribution in [0.15, 0.2) is 42.7 Å². The minimum Gasteiger partial charge on any atom is -0.320 e. The molecule has 1 amide bonds. The summed E-state index contributed by atoms with van der Waals surface area (Å²) in [5.74, 6) is 0.512. The lowest BCUT2D eigenvalue weighted by Crippen LogP contribution is -2.47. The molecule has 0 spiro atoms. The zero-order chi connectivity index (χ0) is 29.1. The van der Waals surface area contributed by atoms with Gasteiger partial charge in [0.2, 0.25) is 0 Å². The van der Waals surface area contributed by atoms with Crippen LogP contribution in [0.2, 0.25) is 0 Å². The number of hydrogen-bond acceptors (Lipinski definition) is 5. The summed E-state index contributed by atoms with van der Waals surface area (Å²) in [5.41, 5.74) is 1.18. The highest BCUT2D eigenvalue weighted by molar-refractivity contribution is 6.10. The Labute approximate surface area is 237 Å². The number of carbonyl (C=O) groups is 2. The van der Waals surface area contributed by atoms with Gasteiger partial charge in [0.25, 0.3) is 5.91 Å². The highest BCUT2D eigenvalue weighted by Crippen LogP contribution is 2.47. The summed E-state index contributed by atoms with van der Waals surface area (Å²) in [4.78, 5) is 27.0. The first-order valence-electron chi connectivity index (χ1n) is 14.2. The van der Waals surface area contributed by atoms with Gasteiger partial charge in [0.15, 0.2) is 0 Å². The molecule has 2 heterocycles. The molecule has 1 N–H and O–H groups in total. The summed E-state index contributed by atoms with van der Waals surface area (Å²) < 4.78 is 44.5. The zero-order valence-electron chi connectivity index (χ0n) is 23.5. The molecule has 0 radical (unpaired) electrons. The highest BCUT2D eigenvalue weighted by Gasteiger charge is 2.43. The Morgan fingerprint density at radius 1 is 1.20 bits per heavy atom. The Kier molecular flexibility index (Phi) is 6.79. The van der Waals surface area contributed by atoms with Gasteiger partial charge in [-0.25, -0.2) is 0 Å². The van der Waals surface area contributed by atoms with Crippen LogP contribution in [0.3, 0.4) is 0 Å². The molecule has 3 aromatic rings. The fourth-order valence-electron chi connectivity index (χ4n) is 6.59. The van der Waals surface area contributed by atoms with E-state index in [9.17, 15) is 22.8 Å². The van der Waals surface area contributed by atoms with E-state index in [1.807, 2.05) is 29.8 Å². The molecular weight excluding hydrogens is 531 g/mol. The van der Waals surface area contributed by atoms with Crippen molar-refractivity contribution >= 4 is 17.4 Å². The number of Topliss-reactive ketones (excluding diaryl/α,β-unsaturated/α-hetero) is 1.